The van der Waals surface area contributed by atoms with Crippen LogP contribution >= 0.6 is 11.8 Å². The molecule has 0 spiro atoms. The van der Waals surface area contributed by atoms with Crippen molar-refractivity contribution in [3.8, 4) is 0 Å². The summed E-state index contributed by atoms with van der Waals surface area (Å²) in [6, 6.07) is 13.5. The number of hydrogen-bond acceptors (Lipinski definition) is 4. The molecule has 1 N–H and O–H groups in total. The summed E-state index contributed by atoms with van der Waals surface area (Å²) in [6.45, 7) is 5.38. The number of morpholine rings is 1. The van der Waals surface area contributed by atoms with E-state index in [1.807, 2.05) is 53.8 Å². The van der Waals surface area contributed by atoms with Gasteiger partial charge in [0, 0.05) is 40.8 Å². The van der Waals surface area contributed by atoms with Gasteiger partial charge in [-0.15, -0.1) is 11.8 Å². The van der Waals surface area contributed by atoms with Crippen molar-refractivity contribution < 1.29 is 18.7 Å². The van der Waals surface area contributed by atoms with Gasteiger partial charge in [-0.05, 0) is 44.2 Å². The number of halogens is 1. The number of carbonyl (C=O) groups is 2. The molecule has 1 fully saturated rings. The van der Waals surface area contributed by atoms with E-state index in [9.17, 15) is 14.0 Å². The molecular formula is C24H26FN3O3S. The number of benzene rings is 2. The lowest BCUT2D eigenvalue weighted by Gasteiger charge is -2.35. The summed E-state index contributed by atoms with van der Waals surface area (Å²) in [4.78, 5) is 28.1. The minimum Gasteiger partial charge on any atom is -0.372 e. The maximum atomic E-state index is 13.0. The molecule has 2 atom stereocenters. The van der Waals surface area contributed by atoms with Crippen LogP contribution in [-0.2, 0) is 20.9 Å². The number of thioether (sulfide) groups is 1. The Kier molecular flexibility index (Phi) is 6.81. The second-order valence-corrected chi connectivity index (χ2v) is 9.06. The lowest BCUT2D eigenvalue weighted by molar-refractivity contribution is -0.143. The van der Waals surface area contributed by atoms with Gasteiger partial charge in [0.15, 0.2) is 0 Å². The van der Waals surface area contributed by atoms with Gasteiger partial charge in [0.05, 0.1) is 18.0 Å². The normalized spacial score (nSPS) is 18.7. The maximum Gasteiger partial charge on any atom is 0.242 e. The van der Waals surface area contributed by atoms with Crippen molar-refractivity contribution in [3.05, 3.63) is 60.5 Å². The minimum atomic E-state index is -0.347. The van der Waals surface area contributed by atoms with E-state index in [4.69, 9.17) is 4.74 Å². The first-order chi connectivity index (χ1) is 15.4. The van der Waals surface area contributed by atoms with Crippen molar-refractivity contribution in [1.82, 2.24) is 9.47 Å². The first-order valence-corrected chi connectivity index (χ1v) is 11.6. The third-order valence-electron chi connectivity index (χ3n) is 5.32. The number of nitrogens with zero attached hydrogens (tertiary/aromatic N) is 2. The second-order valence-electron chi connectivity index (χ2n) is 8.04. The van der Waals surface area contributed by atoms with E-state index < -0.39 is 0 Å². The van der Waals surface area contributed by atoms with Crippen LogP contribution in [0, 0.1) is 5.82 Å². The highest BCUT2D eigenvalue weighted by atomic mass is 32.2. The van der Waals surface area contributed by atoms with Gasteiger partial charge in [0.1, 0.15) is 12.4 Å². The summed E-state index contributed by atoms with van der Waals surface area (Å²) in [7, 11) is 0. The van der Waals surface area contributed by atoms with Crippen molar-refractivity contribution in [2.24, 2.45) is 0 Å². The van der Waals surface area contributed by atoms with Crippen LogP contribution < -0.4 is 5.32 Å². The van der Waals surface area contributed by atoms with E-state index >= 15 is 0 Å². The molecule has 1 saturated heterocycles. The van der Waals surface area contributed by atoms with E-state index in [-0.39, 0.29) is 42.1 Å². The van der Waals surface area contributed by atoms with E-state index in [1.165, 1.54) is 36.0 Å². The molecule has 1 aliphatic rings. The van der Waals surface area contributed by atoms with Gasteiger partial charge in [0.2, 0.25) is 11.8 Å². The zero-order valence-corrected chi connectivity index (χ0v) is 18.9. The van der Waals surface area contributed by atoms with Gasteiger partial charge in [-0.2, -0.15) is 0 Å². The van der Waals surface area contributed by atoms with Gasteiger partial charge in [-0.3, -0.25) is 9.59 Å². The van der Waals surface area contributed by atoms with Crippen LogP contribution in [0.2, 0.25) is 0 Å². The van der Waals surface area contributed by atoms with Crippen LogP contribution in [0.25, 0.3) is 10.9 Å². The number of carbonyl (C=O) groups excluding carboxylic acids is 2. The van der Waals surface area contributed by atoms with E-state index in [0.29, 0.717) is 18.8 Å². The maximum absolute atomic E-state index is 13.0. The molecule has 2 amide bonds. The molecule has 2 heterocycles. The van der Waals surface area contributed by atoms with Crippen LogP contribution in [-0.4, -0.2) is 52.3 Å². The quantitative estimate of drug-likeness (QED) is 0.568. The average molecular weight is 456 g/mol. The number of anilines is 1. The zero-order chi connectivity index (χ0) is 22.7. The van der Waals surface area contributed by atoms with Gasteiger partial charge >= 0.3 is 0 Å². The van der Waals surface area contributed by atoms with Crippen LogP contribution in [0.4, 0.5) is 10.1 Å². The Hall–Kier alpha value is -2.84. The monoisotopic (exact) mass is 455 g/mol. The molecule has 2 aromatic carbocycles. The fourth-order valence-electron chi connectivity index (χ4n) is 3.96. The number of para-hydroxylation sites is 1. The van der Waals surface area contributed by atoms with Crippen LogP contribution in [0.3, 0.4) is 0 Å². The first kappa shape index (κ1) is 22.4. The number of nitrogens with one attached hydrogen (secondary N) is 1. The number of amides is 2. The minimum absolute atomic E-state index is 0.0230. The topological polar surface area (TPSA) is 63.6 Å². The van der Waals surface area contributed by atoms with Crippen molar-refractivity contribution in [2.75, 3.05) is 24.2 Å². The third kappa shape index (κ3) is 5.31. The highest BCUT2D eigenvalue weighted by molar-refractivity contribution is 8.00. The Morgan fingerprint density at radius 3 is 2.50 bits per heavy atom. The summed E-state index contributed by atoms with van der Waals surface area (Å²) in [5, 5.41) is 3.78. The van der Waals surface area contributed by atoms with E-state index in [0.717, 1.165) is 15.8 Å². The van der Waals surface area contributed by atoms with E-state index in [1.54, 1.807) is 0 Å². The highest BCUT2D eigenvalue weighted by Gasteiger charge is 2.26. The second kappa shape index (κ2) is 9.75. The molecule has 0 unspecified atom stereocenters. The summed E-state index contributed by atoms with van der Waals surface area (Å²) < 4.78 is 20.7. The first-order valence-electron chi connectivity index (χ1n) is 10.6. The Morgan fingerprint density at radius 1 is 1.09 bits per heavy atom. The molecule has 32 heavy (non-hydrogen) atoms. The van der Waals surface area contributed by atoms with Crippen molar-refractivity contribution in [3.63, 3.8) is 0 Å². The number of ether oxygens (including phenoxy) is 1. The van der Waals surface area contributed by atoms with E-state index in [2.05, 4.69) is 5.32 Å². The largest absolute Gasteiger partial charge is 0.372 e. The number of aromatic nitrogens is 1. The smallest absolute Gasteiger partial charge is 0.242 e. The SMILES string of the molecule is C[C@@H]1CN(C(=O)Cn2cc(SCC(=O)Nc3ccc(F)cc3)c3ccccc32)C[C@H](C)O1. The number of hydrogen-bond donors (Lipinski definition) is 1. The molecule has 1 aliphatic heterocycles. The average Bonchev–Trinajstić information content (AvgIpc) is 3.11. The predicted molar refractivity (Wildman–Crippen MR) is 124 cm³/mol. The molecule has 168 valence electrons. The van der Waals surface area contributed by atoms with Crippen LogP contribution in [0.1, 0.15) is 13.8 Å². The molecule has 4 rings (SSSR count). The molecule has 0 saturated carbocycles. The summed E-state index contributed by atoms with van der Waals surface area (Å²) >= 11 is 1.41. The molecule has 0 aliphatic carbocycles. The van der Waals surface area contributed by atoms with Gasteiger partial charge in [0.25, 0.3) is 0 Å². The molecule has 8 heteroatoms. The number of fused-ring (bicyclic) bond motifs is 1. The van der Waals surface area contributed by atoms with Crippen LogP contribution in [0.5, 0.6) is 0 Å². The van der Waals surface area contributed by atoms with Crippen molar-refractivity contribution >= 4 is 40.2 Å². The summed E-state index contributed by atoms with van der Waals surface area (Å²) in [5.41, 5.74) is 1.51. The van der Waals surface area contributed by atoms with Gasteiger partial charge in [-0.25, -0.2) is 4.39 Å². The van der Waals surface area contributed by atoms with Crippen LogP contribution in [0.15, 0.2) is 59.6 Å². The van der Waals surface area contributed by atoms with Gasteiger partial charge < -0.3 is 19.5 Å². The van der Waals surface area contributed by atoms with Crippen molar-refractivity contribution in [2.45, 2.75) is 37.5 Å². The van der Waals surface area contributed by atoms with Gasteiger partial charge in [-0.1, -0.05) is 18.2 Å². The fourth-order valence-corrected chi connectivity index (χ4v) is 4.85. The summed E-state index contributed by atoms with van der Waals surface area (Å²) in [5.74, 6) is -0.262. The summed E-state index contributed by atoms with van der Waals surface area (Å²) in [6.07, 6.45) is 1.98. The molecule has 6 nitrogen and oxygen atoms in total. The molecule has 1 aromatic heterocycles. The molecule has 0 radical (unpaired) electrons. The Morgan fingerprint density at radius 2 is 1.78 bits per heavy atom. The van der Waals surface area contributed by atoms with Crippen molar-refractivity contribution in [1.29, 1.82) is 0 Å². The predicted octanol–water partition coefficient (Wildman–Crippen LogP) is 4.15. The fraction of sp³-hybridized carbons (Fsp3) is 0.333. The standard InChI is InChI=1S/C24H26FN3O3S/c1-16-11-28(12-17(2)31-16)24(30)14-27-13-22(20-5-3-4-6-21(20)27)32-15-23(29)26-19-9-7-18(25)8-10-19/h3-10,13,16-17H,11-12,14-15H2,1-2H3,(H,26,29)/t16-,17+. The zero-order valence-electron chi connectivity index (χ0n) is 18.1. The Labute approximate surface area is 190 Å². The lowest BCUT2D eigenvalue weighted by atomic mass is 10.2. The number of rotatable bonds is 6. The Bertz CT molecular complexity index is 1110. The molecule has 0 bridgehead atoms. The Balaban J connectivity index is 1.44. The lowest BCUT2D eigenvalue weighted by Crippen LogP contribution is -2.49. The molecular weight excluding hydrogens is 429 g/mol. The molecule has 3 aromatic rings. The highest BCUT2D eigenvalue weighted by Crippen LogP contribution is 2.30. The third-order valence-corrected chi connectivity index (χ3v) is 6.36.